The molecule has 7 heteroatoms. The minimum absolute atomic E-state index is 0.0602. The van der Waals surface area contributed by atoms with Crippen molar-refractivity contribution in [3.05, 3.63) is 89.7 Å². The number of amides is 2. The molecule has 1 saturated heterocycles. The molecule has 7 nitrogen and oxygen atoms in total. The monoisotopic (exact) mass is 459 g/mol. The van der Waals surface area contributed by atoms with Crippen molar-refractivity contribution in [1.82, 2.24) is 15.2 Å². The molecule has 0 aliphatic carbocycles. The minimum Gasteiger partial charge on any atom is -0.497 e. The highest BCUT2D eigenvalue weighted by Crippen LogP contribution is 2.33. The summed E-state index contributed by atoms with van der Waals surface area (Å²) >= 11 is 0. The summed E-state index contributed by atoms with van der Waals surface area (Å²) in [6, 6.07) is 18.5. The van der Waals surface area contributed by atoms with Crippen LogP contribution >= 0.6 is 0 Å². The van der Waals surface area contributed by atoms with Crippen LogP contribution in [0.3, 0.4) is 0 Å². The number of pyridine rings is 1. The number of likely N-dealkylation sites (tertiary alicyclic amines) is 1. The smallest absolute Gasteiger partial charge is 0.257 e. The Kier molecular flexibility index (Phi) is 7.42. The largest absolute Gasteiger partial charge is 0.497 e. The van der Waals surface area contributed by atoms with Gasteiger partial charge in [0.25, 0.3) is 11.8 Å². The first-order valence-electron chi connectivity index (χ1n) is 11.4. The Morgan fingerprint density at radius 3 is 2.32 bits per heavy atom. The molecule has 1 N–H and O–H groups in total. The molecule has 176 valence electrons. The zero-order valence-corrected chi connectivity index (χ0v) is 19.4. The van der Waals surface area contributed by atoms with E-state index in [2.05, 4.69) is 10.3 Å². The predicted molar refractivity (Wildman–Crippen MR) is 129 cm³/mol. The Morgan fingerprint density at radius 1 is 0.971 bits per heavy atom. The Bertz CT molecular complexity index is 1110. The van der Waals surface area contributed by atoms with E-state index < -0.39 is 0 Å². The zero-order valence-electron chi connectivity index (χ0n) is 19.4. The van der Waals surface area contributed by atoms with E-state index >= 15 is 0 Å². The number of nitrogens with zero attached hydrogens (tertiary/aromatic N) is 2. The van der Waals surface area contributed by atoms with E-state index in [-0.39, 0.29) is 23.8 Å². The van der Waals surface area contributed by atoms with Crippen molar-refractivity contribution in [2.24, 2.45) is 5.92 Å². The van der Waals surface area contributed by atoms with Crippen LogP contribution in [-0.2, 0) is 0 Å². The Balaban J connectivity index is 1.48. The Morgan fingerprint density at radius 2 is 1.68 bits per heavy atom. The normalized spacial score (nSPS) is 14.8. The second-order valence-electron chi connectivity index (χ2n) is 8.29. The van der Waals surface area contributed by atoms with E-state index in [1.807, 2.05) is 35.2 Å². The maximum atomic E-state index is 13.2. The standard InChI is InChI=1S/C27H29N3O4/c1-33-22-8-9-23(24(18-22)34-2)27(32)30-16-12-20(13-17-30)25(19-6-4-3-5-7-19)29-26(31)21-10-14-28-15-11-21/h3-11,14-15,18,20,25H,12-13,16-17H2,1-2H3,(H,29,31). The summed E-state index contributed by atoms with van der Waals surface area (Å²) in [6.45, 7) is 1.21. The van der Waals surface area contributed by atoms with Gasteiger partial charge in [0.2, 0.25) is 0 Å². The molecule has 0 saturated carbocycles. The summed E-state index contributed by atoms with van der Waals surface area (Å²) in [6.07, 6.45) is 4.79. The lowest BCUT2D eigenvalue weighted by Crippen LogP contribution is -2.43. The predicted octanol–water partition coefficient (Wildman–Crippen LogP) is 4.12. The first-order valence-corrected chi connectivity index (χ1v) is 11.4. The Hall–Kier alpha value is -3.87. The number of carbonyl (C=O) groups excluding carboxylic acids is 2. The molecular weight excluding hydrogens is 430 g/mol. The molecule has 1 atom stereocenters. The third-order valence-corrected chi connectivity index (χ3v) is 6.33. The van der Waals surface area contributed by atoms with Crippen LogP contribution in [0.5, 0.6) is 11.5 Å². The van der Waals surface area contributed by atoms with Gasteiger partial charge in [-0.2, -0.15) is 0 Å². The quantitative estimate of drug-likeness (QED) is 0.575. The summed E-state index contributed by atoms with van der Waals surface area (Å²) in [5, 5.41) is 3.22. The molecule has 1 aliphatic heterocycles. The van der Waals surface area contributed by atoms with E-state index in [9.17, 15) is 9.59 Å². The first kappa shape index (κ1) is 23.3. The van der Waals surface area contributed by atoms with Gasteiger partial charge in [-0.05, 0) is 48.6 Å². The Labute approximate surface area is 199 Å². The van der Waals surface area contributed by atoms with Crippen molar-refractivity contribution >= 4 is 11.8 Å². The summed E-state index contributed by atoms with van der Waals surface area (Å²) in [5.41, 5.74) is 2.16. The second kappa shape index (κ2) is 10.8. The lowest BCUT2D eigenvalue weighted by molar-refractivity contribution is 0.0655. The van der Waals surface area contributed by atoms with Crippen molar-refractivity contribution in [3.8, 4) is 11.5 Å². The summed E-state index contributed by atoms with van der Waals surface area (Å²) in [4.78, 5) is 32.0. The van der Waals surface area contributed by atoms with Gasteiger partial charge in [0.1, 0.15) is 11.5 Å². The number of aromatic nitrogens is 1. The fraction of sp³-hybridized carbons (Fsp3) is 0.296. The van der Waals surface area contributed by atoms with Crippen molar-refractivity contribution in [2.45, 2.75) is 18.9 Å². The van der Waals surface area contributed by atoms with Crippen LogP contribution in [-0.4, -0.2) is 49.0 Å². The van der Waals surface area contributed by atoms with Crippen molar-refractivity contribution in [3.63, 3.8) is 0 Å². The highest BCUT2D eigenvalue weighted by Gasteiger charge is 2.31. The number of piperidine rings is 1. The average Bonchev–Trinajstić information content (AvgIpc) is 2.92. The van der Waals surface area contributed by atoms with Gasteiger partial charge in [-0.15, -0.1) is 0 Å². The van der Waals surface area contributed by atoms with Crippen molar-refractivity contribution in [1.29, 1.82) is 0 Å². The van der Waals surface area contributed by atoms with Gasteiger partial charge in [0, 0.05) is 37.1 Å². The molecule has 1 unspecified atom stereocenters. The zero-order chi connectivity index (χ0) is 23.9. The van der Waals surface area contributed by atoms with Crippen LogP contribution in [0, 0.1) is 5.92 Å². The highest BCUT2D eigenvalue weighted by atomic mass is 16.5. The number of benzene rings is 2. The van der Waals surface area contributed by atoms with Crippen LogP contribution in [0.1, 0.15) is 45.2 Å². The molecule has 34 heavy (non-hydrogen) atoms. The first-order chi connectivity index (χ1) is 16.6. The van der Waals surface area contributed by atoms with Gasteiger partial charge in [-0.3, -0.25) is 14.6 Å². The van der Waals surface area contributed by atoms with E-state index in [0.717, 1.165) is 18.4 Å². The van der Waals surface area contributed by atoms with Crippen molar-refractivity contribution < 1.29 is 19.1 Å². The number of methoxy groups -OCH3 is 2. The summed E-state index contributed by atoms with van der Waals surface area (Å²) in [7, 11) is 3.13. The van der Waals surface area contributed by atoms with E-state index in [1.54, 1.807) is 56.9 Å². The van der Waals surface area contributed by atoms with E-state index in [4.69, 9.17) is 9.47 Å². The topological polar surface area (TPSA) is 80.8 Å². The third kappa shape index (κ3) is 5.20. The second-order valence-corrected chi connectivity index (χ2v) is 8.29. The number of hydrogen-bond donors (Lipinski definition) is 1. The van der Waals surface area contributed by atoms with Gasteiger partial charge in [-0.25, -0.2) is 0 Å². The molecule has 4 rings (SSSR count). The molecule has 2 aromatic carbocycles. The van der Waals surface area contributed by atoms with Crippen LogP contribution in [0.2, 0.25) is 0 Å². The van der Waals surface area contributed by atoms with Crippen molar-refractivity contribution in [2.75, 3.05) is 27.3 Å². The van der Waals surface area contributed by atoms with Crippen LogP contribution < -0.4 is 14.8 Å². The van der Waals surface area contributed by atoms with Crippen LogP contribution in [0.15, 0.2) is 73.1 Å². The fourth-order valence-corrected chi connectivity index (χ4v) is 4.44. The molecule has 0 spiro atoms. The number of nitrogens with one attached hydrogen (secondary N) is 1. The number of ether oxygens (including phenoxy) is 2. The van der Waals surface area contributed by atoms with Gasteiger partial charge >= 0.3 is 0 Å². The molecule has 0 bridgehead atoms. The molecule has 2 heterocycles. The molecule has 2 amide bonds. The average molecular weight is 460 g/mol. The maximum absolute atomic E-state index is 13.2. The lowest BCUT2D eigenvalue weighted by Gasteiger charge is -2.37. The van der Waals surface area contributed by atoms with Gasteiger partial charge in [0.15, 0.2) is 0 Å². The van der Waals surface area contributed by atoms with Crippen LogP contribution in [0.4, 0.5) is 0 Å². The van der Waals surface area contributed by atoms with Gasteiger partial charge in [0.05, 0.1) is 25.8 Å². The molecular formula is C27H29N3O4. The number of hydrogen-bond acceptors (Lipinski definition) is 5. The van der Waals surface area contributed by atoms with Crippen LogP contribution in [0.25, 0.3) is 0 Å². The third-order valence-electron chi connectivity index (χ3n) is 6.33. The van der Waals surface area contributed by atoms with E-state index in [0.29, 0.717) is 35.7 Å². The SMILES string of the molecule is COc1ccc(C(=O)N2CCC(C(NC(=O)c3ccncc3)c3ccccc3)CC2)c(OC)c1. The van der Waals surface area contributed by atoms with E-state index in [1.165, 1.54) is 0 Å². The molecule has 3 aromatic rings. The summed E-state index contributed by atoms with van der Waals surface area (Å²) < 4.78 is 10.7. The highest BCUT2D eigenvalue weighted by molar-refractivity contribution is 5.97. The van der Waals surface area contributed by atoms with Gasteiger partial charge in [-0.1, -0.05) is 30.3 Å². The lowest BCUT2D eigenvalue weighted by atomic mass is 9.85. The number of carbonyl (C=O) groups is 2. The van der Waals surface area contributed by atoms with Gasteiger partial charge < -0.3 is 19.7 Å². The molecule has 1 aliphatic rings. The maximum Gasteiger partial charge on any atom is 0.257 e. The minimum atomic E-state index is -0.144. The fourth-order valence-electron chi connectivity index (χ4n) is 4.44. The molecule has 1 fully saturated rings. The molecule has 0 radical (unpaired) electrons. The number of rotatable bonds is 7. The summed E-state index contributed by atoms with van der Waals surface area (Å²) in [5.74, 6) is 1.16. The molecule has 1 aromatic heterocycles.